The van der Waals surface area contributed by atoms with E-state index in [2.05, 4.69) is 20.1 Å². The highest BCUT2D eigenvalue weighted by Gasteiger charge is 2.22. The maximum atomic E-state index is 12.5. The Bertz CT molecular complexity index is 1050. The van der Waals surface area contributed by atoms with Gasteiger partial charge in [-0.2, -0.15) is 0 Å². The number of halogens is 1. The predicted molar refractivity (Wildman–Crippen MR) is 124 cm³/mol. The van der Waals surface area contributed by atoms with E-state index in [4.69, 9.17) is 16.0 Å². The highest BCUT2D eigenvalue weighted by atomic mass is 35.5. The first kappa shape index (κ1) is 22.5. The Morgan fingerprint density at radius 2 is 1.88 bits per heavy atom. The molecule has 4 rings (SSSR count). The van der Waals surface area contributed by atoms with E-state index in [0.717, 1.165) is 37.3 Å². The van der Waals surface area contributed by atoms with Gasteiger partial charge in [-0.15, -0.1) is 0 Å². The summed E-state index contributed by atoms with van der Waals surface area (Å²) < 4.78 is 5.53. The lowest BCUT2D eigenvalue weighted by atomic mass is 10.1. The molecule has 1 atom stereocenters. The van der Waals surface area contributed by atoms with Gasteiger partial charge in [-0.1, -0.05) is 48.0 Å². The van der Waals surface area contributed by atoms with Crippen LogP contribution < -0.4 is 5.32 Å². The maximum Gasteiger partial charge on any atom is 0.277 e. The molecule has 2 aromatic carbocycles. The number of benzene rings is 2. The van der Waals surface area contributed by atoms with Gasteiger partial charge in [-0.3, -0.25) is 14.6 Å². The number of hydrogen-bond acceptors (Lipinski definition) is 6. The Labute approximate surface area is 192 Å². The van der Waals surface area contributed by atoms with Crippen LogP contribution in [0.5, 0.6) is 0 Å². The number of piperazine rings is 1. The van der Waals surface area contributed by atoms with Crippen LogP contribution in [-0.2, 0) is 6.54 Å². The second-order valence-corrected chi connectivity index (χ2v) is 8.46. The van der Waals surface area contributed by atoms with Gasteiger partial charge >= 0.3 is 0 Å². The molecule has 1 amide bonds. The molecule has 1 aliphatic rings. The fourth-order valence-electron chi connectivity index (χ4n) is 3.70. The molecule has 1 aliphatic heterocycles. The highest BCUT2D eigenvalue weighted by Crippen LogP contribution is 2.21. The summed E-state index contributed by atoms with van der Waals surface area (Å²) in [5.74, 6) is 0.175. The Kier molecular flexibility index (Phi) is 7.22. The van der Waals surface area contributed by atoms with Crippen molar-refractivity contribution in [2.45, 2.75) is 19.6 Å². The third kappa shape index (κ3) is 5.75. The monoisotopic (exact) mass is 454 g/mol. The lowest BCUT2D eigenvalue weighted by Gasteiger charge is -2.35. The summed E-state index contributed by atoms with van der Waals surface area (Å²) in [5.41, 5.74) is 2.74. The van der Waals surface area contributed by atoms with Gasteiger partial charge < -0.3 is 14.8 Å². The second-order valence-electron chi connectivity index (χ2n) is 8.05. The molecule has 32 heavy (non-hydrogen) atoms. The number of aliphatic hydroxyl groups excluding tert-OH is 1. The number of nitrogens with zero attached hydrogens (tertiary/aromatic N) is 3. The average Bonchev–Trinajstić information content (AvgIpc) is 3.27. The summed E-state index contributed by atoms with van der Waals surface area (Å²) >= 11 is 6.12. The van der Waals surface area contributed by atoms with E-state index in [-0.39, 0.29) is 11.6 Å². The molecule has 7 nitrogen and oxygen atoms in total. The van der Waals surface area contributed by atoms with E-state index >= 15 is 0 Å². The van der Waals surface area contributed by atoms with Crippen LogP contribution in [0.25, 0.3) is 0 Å². The lowest BCUT2D eigenvalue weighted by molar-refractivity contribution is 0.0671. The van der Waals surface area contributed by atoms with Gasteiger partial charge in [0.2, 0.25) is 5.89 Å². The minimum absolute atomic E-state index is 0.237. The number of aromatic nitrogens is 1. The van der Waals surface area contributed by atoms with Crippen molar-refractivity contribution in [3.05, 3.63) is 82.5 Å². The molecule has 3 aromatic rings. The molecule has 0 spiro atoms. The smallest absolute Gasteiger partial charge is 0.277 e. The Balaban J connectivity index is 1.25. The van der Waals surface area contributed by atoms with E-state index in [9.17, 15) is 9.90 Å². The van der Waals surface area contributed by atoms with E-state index in [0.29, 0.717) is 29.7 Å². The van der Waals surface area contributed by atoms with E-state index in [1.54, 1.807) is 12.1 Å². The molecule has 1 unspecified atom stereocenters. The number of amides is 1. The summed E-state index contributed by atoms with van der Waals surface area (Å²) in [4.78, 5) is 21.3. The van der Waals surface area contributed by atoms with Crippen molar-refractivity contribution in [3.8, 4) is 0 Å². The fraction of sp³-hybridized carbons (Fsp3) is 0.333. The highest BCUT2D eigenvalue weighted by molar-refractivity contribution is 6.31. The van der Waals surface area contributed by atoms with Crippen molar-refractivity contribution >= 4 is 23.2 Å². The molecule has 0 bridgehead atoms. The predicted octanol–water partition coefficient (Wildman–Crippen LogP) is 3.74. The van der Waals surface area contributed by atoms with Crippen molar-refractivity contribution in [1.82, 2.24) is 14.8 Å². The molecule has 0 aliphatic carbocycles. The summed E-state index contributed by atoms with van der Waals surface area (Å²) in [6, 6.07) is 15.1. The van der Waals surface area contributed by atoms with Gasteiger partial charge in [0.25, 0.3) is 5.91 Å². The number of carbonyl (C=O) groups excluding carboxylic acids is 1. The van der Waals surface area contributed by atoms with Gasteiger partial charge in [-0.25, -0.2) is 4.98 Å². The molecular formula is C24H27ClN4O3. The molecule has 2 N–H and O–H groups in total. The minimum Gasteiger partial charge on any atom is -0.447 e. The SMILES string of the molecule is Cc1ccc(NC(=O)c2coc(CN3CCN(CC(O)c4ccccc4)CC3)n2)cc1Cl. The Hall–Kier alpha value is -2.71. The molecule has 1 fully saturated rings. The third-order valence-corrected chi connectivity index (χ3v) is 6.06. The fourth-order valence-corrected chi connectivity index (χ4v) is 3.88. The summed E-state index contributed by atoms with van der Waals surface area (Å²) in [6.45, 7) is 6.45. The van der Waals surface area contributed by atoms with Crippen molar-refractivity contribution in [2.24, 2.45) is 0 Å². The second kappa shape index (κ2) is 10.3. The first-order valence-corrected chi connectivity index (χ1v) is 11.1. The van der Waals surface area contributed by atoms with Crippen LogP contribution in [0.1, 0.15) is 33.6 Å². The molecule has 0 radical (unpaired) electrons. The van der Waals surface area contributed by atoms with Crippen molar-refractivity contribution in [1.29, 1.82) is 0 Å². The number of β-amino-alcohol motifs (C(OH)–C–C–N with tert-alkyl or cyclic N) is 1. The quantitative estimate of drug-likeness (QED) is 0.566. The van der Waals surface area contributed by atoms with Crippen LogP contribution in [0.4, 0.5) is 5.69 Å². The Morgan fingerprint density at radius 1 is 1.16 bits per heavy atom. The molecule has 2 heterocycles. The largest absolute Gasteiger partial charge is 0.447 e. The maximum absolute atomic E-state index is 12.5. The molecular weight excluding hydrogens is 428 g/mol. The van der Waals surface area contributed by atoms with Gasteiger partial charge in [-0.05, 0) is 30.2 Å². The van der Waals surface area contributed by atoms with Gasteiger partial charge in [0, 0.05) is 43.4 Å². The average molecular weight is 455 g/mol. The summed E-state index contributed by atoms with van der Waals surface area (Å²) in [7, 11) is 0. The van der Waals surface area contributed by atoms with Crippen LogP contribution in [0.2, 0.25) is 5.02 Å². The van der Waals surface area contributed by atoms with Crippen molar-refractivity contribution in [3.63, 3.8) is 0 Å². The number of nitrogens with one attached hydrogen (secondary N) is 1. The zero-order valence-corrected chi connectivity index (χ0v) is 18.8. The van der Waals surface area contributed by atoms with Crippen LogP contribution in [0.15, 0.2) is 59.2 Å². The minimum atomic E-state index is -0.487. The van der Waals surface area contributed by atoms with Crippen LogP contribution in [0, 0.1) is 6.92 Å². The van der Waals surface area contributed by atoms with Gasteiger partial charge in [0.15, 0.2) is 5.69 Å². The zero-order chi connectivity index (χ0) is 22.5. The number of aryl methyl sites for hydroxylation is 1. The van der Waals surface area contributed by atoms with Gasteiger partial charge in [0.05, 0.1) is 12.6 Å². The third-order valence-electron chi connectivity index (χ3n) is 5.65. The van der Waals surface area contributed by atoms with Crippen LogP contribution in [0.3, 0.4) is 0 Å². The van der Waals surface area contributed by atoms with Crippen molar-refractivity contribution in [2.75, 3.05) is 38.0 Å². The number of hydrogen-bond donors (Lipinski definition) is 2. The van der Waals surface area contributed by atoms with Gasteiger partial charge in [0.1, 0.15) is 6.26 Å². The number of rotatable bonds is 7. The zero-order valence-electron chi connectivity index (χ0n) is 18.0. The van der Waals surface area contributed by atoms with Crippen LogP contribution in [-0.4, -0.2) is 58.5 Å². The molecule has 168 valence electrons. The molecule has 0 saturated carbocycles. The number of carbonyl (C=O) groups is 1. The molecule has 8 heteroatoms. The van der Waals surface area contributed by atoms with E-state index < -0.39 is 6.10 Å². The normalized spacial score (nSPS) is 16.1. The van der Waals surface area contributed by atoms with Crippen molar-refractivity contribution < 1.29 is 14.3 Å². The number of anilines is 1. The number of oxazole rings is 1. The first-order valence-electron chi connectivity index (χ1n) is 10.7. The Morgan fingerprint density at radius 3 is 2.59 bits per heavy atom. The number of aliphatic hydroxyl groups is 1. The van der Waals surface area contributed by atoms with E-state index in [1.807, 2.05) is 43.3 Å². The molecule has 1 saturated heterocycles. The topological polar surface area (TPSA) is 81.8 Å². The van der Waals surface area contributed by atoms with Crippen LogP contribution >= 0.6 is 11.6 Å². The van der Waals surface area contributed by atoms with E-state index in [1.165, 1.54) is 6.26 Å². The lowest BCUT2D eigenvalue weighted by Crippen LogP contribution is -2.47. The summed E-state index contributed by atoms with van der Waals surface area (Å²) in [5, 5.41) is 13.8. The first-order chi connectivity index (χ1) is 15.5. The molecule has 1 aromatic heterocycles. The standard InChI is InChI=1S/C24H27ClN4O3/c1-17-7-8-19(13-20(17)25)26-24(31)21-16-32-23(27-21)15-29-11-9-28(10-12-29)14-22(30)18-5-3-2-4-6-18/h2-8,13,16,22,30H,9-12,14-15H2,1H3,(H,26,31). The summed E-state index contributed by atoms with van der Waals surface area (Å²) in [6.07, 6.45) is 0.895.